The quantitative estimate of drug-likeness (QED) is 0.472. The molecule has 0 unspecified atom stereocenters. The van der Waals surface area contributed by atoms with Crippen LogP contribution in [0.25, 0.3) is 0 Å². The van der Waals surface area contributed by atoms with Gasteiger partial charge < -0.3 is 0 Å². The molecular weight excluding hydrogens is 203 g/mol. The minimum atomic E-state index is 0.107. The predicted octanol–water partition coefficient (Wildman–Crippen LogP) is -2.52. The summed E-state index contributed by atoms with van der Waals surface area (Å²) in [7, 11) is 0. The third-order valence-corrected chi connectivity index (χ3v) is 2.98. The molecule has 2 heteroatoms. The van der Waals surface area contributed by atoms with Crippen molar-refractivity contribution in [3.63, 3.8) is 0 Å². The van der Waals surface area contributed by atoms with E-state index in [-0.39, 0.29) is 27.8 Å². The Labute approximate surface area is 53.0 Å². The van der Waals surface area contributed by atoms with E-state index in [1.165, 1.54) is 3.58 Å². The van der Waals surface area contributed by atoms with Crippen LogP contribution in [0.4, 0.5) is 0 Å². The third-order valence-electron chi connectivity index (χ3n) is 0.704. The molecule has 0 fully saturated rings. The Kier molecular flexibility index (Phi) is 1.87. The zero-order valence-corrected chi connectivity index (χ0v) is 5.92. The summed E-state index contributed by atoms with van der Waals surface area (Å²) in [6, 6.07) is 0. The normalized spacial score (nSPS) is 18.7. The molecule has 1 rings (SSSR count). The Bertz CT molecular complexity index is 115. The number of allylic oxidation sites excluding steroid dienone is 2. The van der Waals surface area contributed by atoms with Crippen LogP contribution >= 0.6 is 0 Å². The van der Waals surface area contributed by atoms with Crippen LogP contribution in [-0.4, -0.2) is 11.7 Å². The van der Waals surface area contributed by atoms with Gasteiger partial charge in [0.2, 0.25) is 0 Å². The molecule has 0 spiro atoms. The number of rotatable bonds is 1. The molecule has 0 atom stereocenters. The van der Waals surface area contributed by atoms with Crippen molar-refractivity contribution >= 4 is 0 Å². The molecule has 0 amide bonds. The van der Waals surface area contributed by atoms with Crippen LogP contribution in [0, 0.1) is 0 Å². The van der Waals surface area contributed by atoms with E-state index in [9.17, 15) is 0 Å². The van der Waals surface area contributed by atoms with Crippen LogP contribution in [0.3, 0.4) is 0 Å². The Hall–Kier alpha value is 0.170. The molecule has 0 bridgehead atoms. The first-order chi connectivity index (χ1) is 3.43. The van der Waals surface area contributed by atoms with Crippen molar-refractivity contribution in [2.24, 2.45) is 0 Å². The van der Waals surface area contributed by atoms with Gasteiger partial charge in [0.1, 0.15) is 0 Å². The fraction of sp³-hybridized carbons (Fsp3) is 0.200. The topological polar surface area (TPSA) is 20.2 Å². The van der Waals surface area contributed by atoms with Crippen LogP contribution in [0.2, 0.25) is 0 Å². The molecule has 7 heavy (non-hydrogen) atoms. The van der Waals surface area contributed by atoms with Crippen molar-refractivity contribution in [2.45, 2.75) is 0 Å². The second kappa shape index (κ2) is 2.47. The fourth-order valence-corrected chi connectivity index (χ4v) is 1.87. The summed E-state index contributed by atoms with van der Waals surface area (Å²) in [5.41, 5.74) is 0. The van der Waals surface area contributed by atoms with Gasteiger partial charge in [0.05, 0.1) is 0 Å². The summed E-state index contributed by atoms with van der Waals surface area (Å²) in [4.78, 5) is 0. The molecule has 0 saturated carbocycles. The van der Waals surface area contributed by atoms with E-state index in [1.807, 2.05) is 12.2 Å². The SMILES string of the molecule is OCC1=CC=C[I-]1. The number of hydrogen-bond acceptors (Lipinski definition) is 1. The van der Waals surface area contributed by atoms with E-state index in [4.69, 9.17) is 5.11 Å². The Morgan fingerprint density at radius 1 is 1.71 bits per heavy atom. The Morgan fingerprint density at radius 2 is 2.57 bits per heavy atom. The number of aliphatic hydroxyl groups excluding tert-OH is 1. The first kappa shape index (κ1) is 5.31. The van der Waals surface area contributed by atoms with Crippen LogP contribution in [-0.2, 0) is 0 Å². The van der Waals surface area contributed by atoms with Gasteiger partial charge in [-0.3, -0.25) is 0 Å². The van der Waals surface area contributed by atoms with Gasteiger partial charge in [-0.1, -0.05) is 0 Å². The van der Waals surface area contributed by atoms with Crippen LogP contribution in [0.15, 0.2) is 19.8 Å². The maximum absolute atomic E-state index is 8.49. The van der Waals surface area contributed by atoms with Gasteiger partial charge in [0.25, 0.3) is 0 Å². The fourth-order valence-electron chi connectivity index (χ4n) is 0.382. The maximum atomic E-state index is 8.49. The summed E-state index contributed by atoms with van der Waals surface area (Å²) < 4.78 is 3.36. The minimum absolute atomic E-state index is 0.107. The summed E-state index contributed by atoms with van der Waals surface area (Å²) >= 11 is 0.107. The van der Waals surface area contributed by atoms with Crippen molar-refractivity contribution in [1.29, 1.82) is 0 Å². The number of hydrogen-bond donors (Lipinski definition) is 1. The van der Waals surface area contributed by atoms with E-state index in [0.29, 0.717) is 0 Å². The summed E-state index contributed by atoms with van der Waals surface area (Å²) in [6.45, 7) is 0.264. The van der Waals surface area contributed by atoms with Gasteiger partial charge in [-0.15, -0.1) is 0 Å². The van der Waals surface area contributed by atoms with Gasteiger partial charge in [-0.2, -0.15) is 0 Å². The molecule has 0 aromatic heterocycles. The first-order valence-electron chi connectivity index (χ1n) is 2.03. The molecular formula is C5H6IO-. The summed E-state index contributed by atoms with van der Waals surface area (Å²) in [6.07, 6.45) is 4.01. The van der Waals surface area contributed by atoms with E-state index in [1.54, 1.807) is 0 Å². The zero-order valence-electron chi connectivity index (χ0n) is 3.76. The molecule has 1 heterocycles. The molecule has 1 nitrogen and oxygen atoms in total. The van der Waals surface area contributed by atoms with E-state index >= 15 is 0 Å². The summed E-state index contributed by atoms with van der Waals surface area (Å²) in [5, 5.41) is 8.49. The zero-order chi connectivity index (χ0) is 5.11. The van der Waals surface area contributed by atoms with Crippen molar-refractivity contribution in [3.05, 3.63) is 19.8 Å². The molecule has 0 aliphatic carbocycles. The average molecular weight is 209 g/mol. The molecule has 1 aliphatic heterocycles. The van der Waals surface area contributed by atoms with Gasteiger partial charge in [-0.25, -0.2) is 0 Å². The second-order valence-corrected chi connectivity index (χ2v) is 3.93. The third kappa shape index (κ3) is 1.28. The molecule has 0 aromatic carbocycles. The van der Waals surface area contributed by atoms with Crippen molar-refractivity contribution in [2.75, 3.05) is 6.61 Å². The number of aliphatic hydroxyl groups is 1. The van der Waals surface area contributed by atoms with Gasteiger partial charge >= 0.3 is 52.7 Å². The van der Waals surface area contributed by atoms with Crippen LogP contribution < -0.4 is 21.2 Å². The van der Waals surface area contributed by atoms with Crippen LogP contribution in [0.5, 0.6) is 0 Å². The molecule has 0 aromatic rings. The van der Waals surface area contributed by atoms with Crippen molar-refractivity contribution < 1.29 is 26.3 Å². The van der Waals surface area contributed by atoms with E-state index in [2.05, 4.69) is 4.08 Å². The van der Waals surface area contributed by atoms with Crippen LogP contribution in [0.1, 0.15) is 0 Å². The predicted molar refractivity (Wildman–Crippen MR) is 24.3 cm³/mol. The van der Waals surface area contributed by atoms with E-state index < -0.39 is 0 Å². The standard InChI is InChI=1S/C5H6IO/c7-4-5-2-1-3-6-5/h1-3,7H,4H2/q-1. The van der Waals surface area contributed by atoms with Gasteiger partial charge in [-0.05, 0) is 0 Å². The van der Waals surface area contributed by atoms with Crippen molar-refractivity contribution in [3.8, 4) is 0 Å². The average Bonchev–Trinajstić information content (AvgIpc) is 2.14. The van der Waals surface area contributed by atoms with Gasteiger partial charge in [0.15, 0.2) is 0 Å². The first-order valence-corrected chi connectivity index (χ1v) is 4.36. The number of halogens is 1. The molecule has 1 aliphatic rings. The second-order valence-electron chi connectivity index (χ2n) is 1.20. The summed E-state index contributed by atoms with van der Waals surface area (Å²) in [5.74, 6) is 0. The Balaban J connectivity index is 2.45. The monoisotopic (exact) mass is 209 g/mol. The van der Waals surface area contributed by atoms with E-state index in [0.717, 1.165) is 0 Å². The molecule has 0 saturated heterocycles. The molecule has 40 valence electrons. The Morgan fingerprint density at radius 3 is 2.86 bits per heavy atom. The van der Waals surface area contributed by atoms with Crippen molar-refractivity contribution in [1.82, 2.24) is 0 Å². The molecule has 0 radical (unpaired) electrons. The molecule has 1 N–H and O–H groups in total. The van der Waals surface area contributed by atoms with Gasteiger partial charge in [0, 0.05) is 0 Å².